The number of nitrogens with one attached hydrogen (secondary N) is 1. The Kier molecular flexibility index (Phi) is 3.10. The van der Waals surface area contributed by atoms with Crippen LogP contribution in [-0.4, -0.2) is 26.3 Å². The number of pyridine rings is 1. The first kappa shape index (κ1) is 11.6. The fraction of sp³-hybridized carbons (Fsp3) is 0.214. The van der Waals surface area contributed by atoms with Crippen LogP contribution in [0.4, 0.5) is 5.69 Å². The van der Waals surface area contributed by atoms with E-state index >= 15 is 0 Å². The summed E-state index contributed by atoms with van der Waals surface area (Å²) in [7, 11) is 1.96. The molecule has 0 spiro atoms. The Morgan fingerprint density at radius 3 is 2.95 bits per heavy atom. The van der Waals surface area contributed by atoms with Crippen LogP contribution in [0.25, 0.3) is 10.9 Å². The van der Waals surface area contributed by atoms with Gasteiger partial charge in [0.05, 0.1) is 5.52 Å². The Balaban J connectivity index is 1.74. The summed E-state index contributed by atoms with van der Waals surface area (Å²) in [5, 5.41) is 12.5. The molecule has 0 aliphatic heterocycles. The predicted octanol–water partition coefficient (Wildman–Crippen LogP) is 2.02. The van der Waals surface area contributed by atoms with Crippen molar-refractivity contribution in [1.29, 1.82) is 0 Å². The summed E-state index contributed by atoms with van der Waals surface area (Å²) in [5.74, 6) is 0.978. The van der Waals surface area contributed by atoms with E-state index in [9.17, 15) is 0 Å². The van der Waals surface area contributed by atoms with Gasteiger partial charge in [-0.25, -0.2) is 0 Å². The van der Waals surface area contributed by atoms with Gasteiger partial charge in [-0.2, -0.15) is 0 Å². The number of hydrogen-bond donors (Lipinski definition) is 1. The molecule has 1 N–H and O–H groups in total. The molecule has 0 amide bonds. The molecule has 0 bridgehead atoms. The van der Waals surface area contributed by atoms with E-state index < -0.39 is 0 Å². The lowest BCUT2D eigenvalue weighted by atomic mass is 10.2. The Morgan fingerprint density at radius 1 is 1.21 bits per heavy atom. The van der Waals surface area contributed by atoms with E-state index in [1.807, 2.05) is 42.1 Å². The zero-order valence-corrected chi connectivity index (χ0v) is 10.7. The van der Waals surface area contributed by atoms with E-state index in [4.69, 9.17) is 0 Å². The highest BCUT2D eigenvalue weighted by molar-refractivity contribution is 5.90. The van der Waals surface area contributed by atoms with Gasteiger partial charge in [0.1, 0.15) is 12.2 Å². The van der Waals surface area contributed by atoms with Crippen molar-refractivity contribution in [2.45, 2.75) is 6.42 Å². The second-order valence-electron chi connectivity index (χ2n) is 4.41. The van der Waals surface area contributed by atoms with E-state index in [0.29, 0.717) is 0 Å². The molecule has 5 heteroatoms. The second-order valence-corrected chi connectivity index (χ2v) is 4.41. The Labute approximate surface area is 111 Å². The molecule has 0 aliphatic rings. The van der Waals surface area contributed by atoms with Gasteiger partial charge in [0.2, 0.25) is 0 Å². The average Bonchev–Trinajstić information content (AvgIpc) is 2.85. The van der Waals surface area contributed by atoms with Gasteiger partial charge in [-0.1, -0.05) is 18.2 Å². The minimum Gasteiger partial charge on any atom is -0.384 e. The fourth-order valence-corrected chi connectivity index (χ4v) is 2.09. The number of nitrogens with zero attached hydrogens (tertiary/aromatic N) is 4. The Morgan fingerprint density at radius 2 is 2.11 bits per heavy atom. The molecule has 0 aliphatic carbocycles. The van der Waals surface area contributed by atoms with Crippen LogP contribution >= 0.6 is 0 Å². The summed E-state index contributed by atoms with van der Waals surface area (Å²) < 4.78 is 1.94. The zero-order chi connectivity index (χ0) is 13.1. The number of aryl methyl sites for hydroxylation is 1. The molecule has 19 heavy (non-hydrogen) atoms. The zero-order valence-electron chi connectivity index (χ0n) is 10.7. The average molecular weight is 253 g/mol. The third kappa shape index (κ3) is 2.40. The van der Waals surface area contributed by atoms with Gasteiger partial charge in [0, 0.05) is 37.3 Å². The Bertz CT molecular complexity index is 684. The van der Waals surface area contributed by atoms with Gasteiger partial charge in [-0.15, -0.1) is 10.2 Å². The monoisotopic (exact) mass is 253 g/mol. The minimum absolute atomic E-state index is 0.820. The van der Waals surface area contributed by atoms with E-state index in [2.05, 4.69) is 26.6 Å². The van der Waals surface area contributed by atoms with Crippen molar-refractivity contribution in [1.82, 2.24) is 19.7 Å². The van der Waals surface area contributed by atoms with Crippen LogP contribution in [0.3, 0.4) is 0 Å². The lowest BCUT2D eigenvalue weighted by Gasteiger charge is -2.08. The molecule has 2 heterocycles. The second kappa shape index (κ2) is 5.06. The minimum atomic E-state index is 0.820. The number of fused-ring (bicyclic) bond motifs is 1. The number of benzene rings is 1. The molecule has 2 aromatic heterocycles. The third-order valence-electron chi connectivity index (χ3n) is 3.12. The van der Waals surface area contributed by atoms with Crippen LogP contribution in [0.1, 0.15) is 5.82 Å². The van der Waals surface area contributed by atoms with Gasteiger partial charge in [0.15, 0.2) is 0 Å². The maximum absolute atomic E-state index is 4.35. The van der Waals surface area contributed by atoms with Crippen LogP contribution in [-0.2, 0) is 13.5 Å². The smallest absolute Gasteiger partial charge is 0.134 e. The summed E-state index contributed by atoms with van der Waals surface area (Å²) in [4.78, 5) is 4.35. The summed E-state index contributed by atoms with van der Waals surface area (Å²) in [6.45, 7) is 0.820. The summed E-state index contributed by atoms with van der Waals surface area (Å²) in [5.41, 5.74) is 2.11. The van der Waals surface area contributed by atoms with Crippen LogP contribution in [0.15, 0.2) is 42.9 Å². The third-order valence-corrected chi connectivity index (χ3v) is 3.12. The lowest BCUT2D eigenvalue weighted by Crippen LogP contribution is -2.09. The maximum Gasteiger partial charge on any atom is 0.134 e. The van der Waals surface area contributed by atoms with E-state index in [-0.39, 0.29) is 0 Å². The van der Waals surface area contributed by atoms with Crippen LogP contribution in [0, 0.1) is 0 Å². The lowest BCUT2D eigenvalue weighted by molar-refractivity contribution is 0.789. The fourth-order valence-electron chi connectivity index (χ4n) is 2.09. The Hall–Kier alpha value is -2.43. The quantitative estimate of drug-likeness (QED) is 0.773. The summed E-state index contributed by atoms with van der Waals surface area (Å²) >= 11 is 0. The number of anilines is 1. The highest BCUT2D eigenvalue weighted by atomic mass is 15.2. The molecule has 5 nitrogen and oxygen atoms in total. The molecular formula is C14H15N5. The van der Waals surface area contributed by atoms with Crippen molar-refractivity contribution >= 4 is 16.6 Å². The topological polar surface area (TPSA) is 55.6 Å². The van der Waals surface area contributed by atoms with Gasteiger partial charge < -0.3 is 9.88 Å². The standard InChI is InChI=1S/C14H15N5/c1-19-10-17-18-14(19)7-9-16-13-6-8-15-12-5-3-2-4-11(12)13/h2-6,8,10H,7,9H2,1H3,(H,15,16). The van der Waals surface area contributed by atoms with Crippen molar-refractivity contribution < 1.29 is 0 Å². The van der Waals surface area contributed by atoms with Crippen molar-refractivity contribution in [3.63, 3.8) is 0 Å². The van der Waals surface area contributed by atoms with E-state index in [1.54, 1.807) is 6.33 Å². The first-order chi connectivity index (χ1) is 9.34. The number of hydrogen-bond acceptors (Lipinski definition) is 4. The highest BCUT2D eigenvalue weighted by Gasteiger charge is 2.02. The molecule has 96 valence electrons. The molecule has 1 aromatic carbocycles. The van der Waals surface area contributed by atoms with Gasteiger partial charge >= 0.3 is 0 Å². The molecule has 0 atom stereocenters. The van der Waals surface area contributed by atoms with Crippen LogP contribution < -0.4 is 5.32 Å². The number of aromatic nitrogens is 4. The molecule has 3 aromatic rings. The first-order valence-electron chi connectivity index (χ1n) is 6.25. The maximum atomic E-state index is 4.35. The predicted molar refractivity (Wildman–Crippen MR) is 74.9 cm³/mol. The normalized spacial score (nSPS) is 10.8. The molecule has 0 saturated carbocycles. The van der Waals surface area contributed by atoms with Crippen LogP contribution in [0.2, 0.25) is 0 Å². The van der Waals surface area contributed by atoms with Crippen molar-refractivity contribution in [2.75, 3.05) is 11.9 Å². The van der Waals surface area contributed by atoms with Crippen LogP contribution in [0.5, 0.6) is 0 Å². The van der Waals surface area contributed by atoms with Crippen molar-refractivity contribution in [3.05, 3.63) is 48.7 Å². The van der Waals surface area contributed by atoms with E-state index in [0.717, 1.165) is 35.4 Å². The van der Waals surface area contributed by atoms with Crippen molar-refractivity contribution in [3.8, 4) is 0 Å². The summed E-state index contributed by atoms with van der Waals surface area (Å²) in [6.07, 6.45) is 4.39. The van der Waals surface area contributed by atoms with Crippen molar-refractivity contribution in [2.24, 2.45) is 7.05 Å². The number of rotatable bonds is 4. The molecule has 0 fully saturated rings. The SMILES string of the molecule is Cn1cnnc1CCNc1ccnc2ccccc12. The highest BCUT2D eigenvalue weighted by Crippen LogP contribution is 2.20. The van der Waals surface area contributed by atoms with E-state index in [1.165, 1.54) is 0 Å². The number of para-hydroxylation sites is 1. The molecule has 0 radical (unpaired) electrons. The molecule has 0 unspecified atom stereocenters. The molecule has 0 saturated heterocycles. The largest absolute Gasteiger partial charge is 0.384 e. The molecule has 3 rings (SSSR count). The first-order valence-corrected chi connectivity index (χ1v) is 6.25. The summed E-state index contributed by atoms with van der Waals surface area (Å²) in [6, 6.07) is 10.1. The van der Waals surface area contributed by atoms with Gasteiger partial charge in [-0.3, -0.25) is 4.98 Å². The van der Waals surface area contributed by atoms with Gasteiger partial charge in [-0.05, 0) is 12.1 Å². The molecular weight excluding hydrogens is 238 g/mol. The van der Waals surface area contributed by atoms with Gasteiger partial charge in [0.25, 0.3) is 0 Å².